The van der Waals surface area contributed by atoms with Crippen molar-refractivity contribution in [2.45, 2.75) is 44.6 Å². The lowest BCUT2D eigenvalue weighted by Gasteiger charge is -2.25. The zero-order valence-electron chi connectivity index (χ0n) is 11.4. The van der Waals surface area contributed by atoms with Crippen LogP contribution in [0.1, 0.15) is 38.5 Å². The van der Waals surface area contributed by atoms with E-state index in [-0.39, 0.29) is 5.91 Å². The molecule has 0 bridgehead atoms. The fourth-order valence-corrected chi connectivity index (χ4v) is 2.20. The number of carboxylic acids is 1. The Bertz CT molecular complexity index is 291. The van der Waals surface area contributed by atoms with Crippen molar-refractivity contribution in [1.82, 2.24) is 10.2 Å². The minimum atomic E-state index is -0.989. The van der Waals surface area contributed by atoms with Crippen LogP contribution < -0.4 is 11.1 Å². The van der Waals surface area contributed by atoms with Gasteiger partial charge in [-0.25, -0.2) is 0 Å². The van der Waals surface area contributed by atoms with Crippen molar-refractivity contribution < 1.29 is 14.7 Å². The van der Waals surface area contributed by atoms with E-state index in [4.69, 9.17) is 10.8 Å². The predicted molar refractivity (Wildman–Crippen MR) is 72.8 cm³/mol. The van der Waals surface area contributed by atoms with Crippen molar-refractivity contribution >= 4 is 11.9 Å². The molecule has 6 nitrogen and oxygen atoms in total. The first kappa shape index (κ1) is 15.9. The molecule has 4 N–H and O–H groups in total. The molecule has 0 aromatic heterocycles. The smallest absolute Gasteiger partial charge is 0.320 e. The van der Waals surface area contributed by atoms with Crippen molar-refractivity contribution in [3.8, 4) is 0 Å². The standard InChI is InChI=1S/C13H25N3O3/c14-11(13(18)19)5-4-7-15-12(17)6-10-16-8-2-1-3-9-16/h11H,1-10,14H2,(H,15,17)(H,18,19)/t11-/m0/s1. The lowest BCUT2D eigenvalue weighted by atomic mass is 10.1. The first-order valence-corrected chi connectivity index (χ1v) is 7.07. The van der Waals surface area contributed by atoms with E-state index in [2.05, 4.69) is 10.2 Å². The summed E-state index contributed by atoms with van der Waals surface area (Å²) in [5, 5.41) is 11.4. The van der Waals surface area contributed by atoms with Crippen LogP contribution in [-0.4, -0.2) is 54.1 Å². The highest BCUT2D eigenvalue weighted by molar-refractivity contribution is 5.76. The second kappa shape index (κ2) is 8.87. The number of carbonyl (C=O) groups is 2. The molecular weight excluding hydrogens is 246 g/mol. The van der Waals surface area contributed by atoms with Crippen LogP contribution in [0.4, 0.5) is 0 Å². The van der Waals surface area contributed by atoms with Crippen molar-refractivity contribution in [3.63, 3.8) is 0 Å². The SMILES string of the molecule is N[C@@H](CCCNC(=O)CCN1CCCCC1)C(=O)O. The number of carboxylic acid groups (broad SMARTS) is 1. The summed E-state index contributed by atoms with van der Waals surface area (Å²) in [6.07, 6.45) is 5.27. The number of rotatable bonds is 8. The molecule has 1 fully saturated rings. The zero-order valence-corrected chi connectivity index (χ0v) is 11.4. The molecule has 0 aromatic rings. The first-order valence-electron chi connectivity index (χ1n) is 7.07. The molecule has 0 saturated carbocycles. The third-order valence-corrected chi connectivity index (χ3v) is 3.44. The van der Waals surface area contributed by atoms with Gasteiger partial charge in [0.05, 0.1) is 0 Å². The maximum absolute atomic E-state index is 11.6. The lowest BCUT2D eigenvalue weighted by molar-refractivity contribution is -0.138. The van der Waals surface area contributed by atoms with Crippen molar-refractivity contribution in [3.05, 3.63) is 0 Å². The summed E-state index contributed by atoms with van der Waals surface area (Å²) in [6, 6.07) is -0.828. The highest BCUT2D eigenvalue weighted by atomic mass is 16.4. The van der Waals surface area contributed by atoms with Gasteiger partial charge in [0.1, 0.15) is 6.04 Å². The minimum Gasteiger partial charge on any atom is -0.480 e. The normalized spacial score (nSPS) is 17.9. The second-order valence-electron chi connectivity index (χ2n) is 5.09. The Labute approximate surface area is 114 Å². The summed E-state index contributed by atoms with van der Waals surface area (Å²) >= 11 is 0. The fourth-order valence-electron chi connectivity index (χ4n) is 2.20. The number of nitrogens with two attached hydrogens (primary N) is 1. The molecule has 0 spiro atoms. The summed E-state index contributed by atoms with van der Waals surface area (Å²) in [7, 11) is 0. The molecule has 110 valence electrons. The largest absolute Gasteiger partial charge is 0.480 e. The average Bonchev–Trinajstić information content (AvgIpc) is 2.42. The van der Waals surface area contributed by atoms with Crippen LogP contribution in [-0.2, 0) is 9.59 Å². The van der Waals surface area contributed by atoms with Gasteiger partial charge in [0.25, 0.3) is 0 Å². The molecule has 0 unspecified atom stereocenters. The number of piperidine rings is 1. The zero-order chi connectivity index (χ0) is 14.1. The van der Waals surface area contributed by atoms with Gasteiger partial charge in [-0.1, -0.05) is 6.42 Å². The Kier molecular flexibility index (Phi) is 7.43. The second-order valence-corrected chi connectivity index (χ2v) is 5.09. The first-order chi connectivity index (χ1) is 9.09. The number of hydrogen-bond acceptors (Lipinski definition) is 4. The van der Waals surface area contributed by atoms with Crippen LogP contribution in [0.3, 0.4) is 0 Å². The third kappa shape index (κ3) is 7.12. The predicted octanol–water partition coefficient (Wildman–Crippen LogP) is 0.171. The van der Waals surface area contributed by atoms with Crippen molar-refractivity contribution in [1.29, 1.82) is 0 Å². The Hall–Kier alpha value is -1.14. The van der Waals surface area contributed by atoms with Crippen molar-refractivity contribution in [2.75, 3.05) is 26.2 Å². The highest BCUT2D eigenvalue weighted by Crippen LogP contribution is 2.08. The molecule has 1 saturated heterocycles. The molecule has 1 aliphatic rings. The van der Waals surface area contributed by atoms with Crippen LogP contribution in [0.15, 0.2) is 0 Å². The van der Waals surface area contributed by atoms with Gasteiger partial charge in [0.2, 0.25) is 5.91 Å². The van der Waals surface area contributed by atoms with E-state index in [1.54, 1.807) is 0 Å². The van der Waals surface area contributed by atoms with Gasteiger partial charge in [-0.05, 0) is 38.8 Å². The number of amides is 1. The topological polar surface area (TPSA) is 95.7 Å². The summed E-state index contributed by atoms with van der Waals surface area (Å²) in [4.78, 5) is 24.4. The van der Waals surface area contributed by atoms with Gasteiger partial charge >= 0.3 is 5.97 Å². The Morgan fingerprint density at radius 3 is 2.58 bits per heavy atom. The number of carbonyl (C=O) groups excluding carboxylic acids is 1. The number of aliphatic carboxylic acids is 1. The van der Waals surface area contributed by atoms with E-state index in [1.807, 2.05) is 0 Å². The number of nitrogens with zero attached hydrogens (tertiary/aromatic N) is 1. The van der Waals surface area contributed by atoms with Crippen LogP contribution in [0.5, 0.6) is 0 Å². The number of nitrogens with one attached hydrogen (secondary N) is 1. The number of hydrogen-bond donors (Lipinski definition) is 3. The molecule has 0 aromatic carbocycles. The Morgan fingerprint density at radius 2 is 1.95 bits per heavy atom. The van der Waals surface area contributed by atoms with Gasteiger partial charge in [0.15, 0.2) is 0 Å². The number of likely N-dealkylation sites (tertiary alicyclic amines) is 1. The minimum absolute atomic E-state index is 0.0365. The highest BCUT2D eigenvalue weighted by Gasteiger charge is 2.12. The van der Waals surface area contributed by atoms with Crippen molar-refractivity contribution in [2.24, 2.45) is 5.73 Å². The molecule has 1 aliphatic heterocycles. The molecule has 0 aliphatic carbocycles. The van der Waals surface area contributed by atoms with Crippen LogP contribution in [0, 0.1) is 0 Å². The molecule has 1 atom stereocenters. The molecule has 6 heteroatoms. The van der Waals surface area contributed by atoms with E-state index < -0.39 is 12.0 Å². The summed E-state index contributed by atoms with van der Waals surface area (Å²) in [5.74, 6) is -0.953. The molecule has 1 rings (SSSR count). The Morgan fingerprint density at radius 1 is 1.26 bits per heavy atom. The molecule has 1 heterocycles. The molecule has 19 heavy (non-hydrogen) atoms. The van der Waals surface area contributed by atoms with Gasteiger partial charge in [-0.15, -0.1) is 0 Å². The Balaban J connectivity index is 2.00. The fraction of sp³-hybridized carbons (Fsp3) is 0.846. The summed E-state index contributed by atoms with van der Waals surface area (Å²) in [6.45, 7) is 3.52. The molecule has 0 radical (unpaired) electrons. The van der Waals surface area contributed by atoms with Gasteiger partial charge in [0, 0.05) is 19.5 Å². The van der Waals surface area contributed by atoms with E-state index in [1.165, 1.54) is 19.3 Å². The molecule has 1 amide bonds. The van der Waals surface area contributed by atoms with Crippen LogP contribution >= 0.6 is 0 Å². The van der Waals surface area contributed by atoms with Crippen LogP contribution in [0.25, 0.3) is 0 Å². The quantitative estimate of drug-likeness (QED) is 0.547. The van der Waals surface area contributed by atoms with Gasteiger partial charge < -0.3 is 21.1 Å². The lowest BCUT2D eigenvalue weighted by Crippen LogP contribution is -2.35. The maximum Gasteiger partial charge on any atom is 0.320 e. The third-order valence-electron chi connectivity index (χ3n) is 3.44. The van der Waals surface area contributed by atoms with Gasteiger partial charge in [-0.3, -0.25) is 9.59 Å². The monoisotopic (exact) mass is 271 g/mol. The maximum atomic E-state index is 11.6. The molecular formula is C13H25N3O3. The van der Waals surface area contributed by atoms with E-state index >= 15 is 0 Å². The van der Waals surface area contributed by atoms with E-state index in [0.717, 1.165) is 19.6 Å². The van der Waals surface area contributed by atoms with Crippen LogP contribution in [0.2, 0.25) is 0 Å². The van der Waals surface area contributed by atoms with E-state index in [0.29, 0.717) is 25.8 Å². The average molecular weight is 271 g/mol. The van der Waals surface area contributed by atoms with Gasteiger partial charge in [-0.2, -0.15) is 0 Å². The summed E-state index contributed by atoms with van der Waals surface area (Å²) < 4.78 is 0. The van der Waals surface area contributed by atoms with E-state index in [9.17, 15) is 9.59 Å². The summed E-state index contributed by atoms with van der Waals surface area (Å²) in [5.41, 5.74) is 5.37.